The van der Waals surface area contributed by atoms with Crippen LogP contribution in [0, 0.1) is 5.92 Å². The smallest absolute Gasteiger partial charge is 0.284 e. The number of nitrogens with zero attached hydrogens (tertiary/aromatic N) is 3. The van der Waals surface area contributed by atoms with Gasteiger partial charge in [0, 0.05) is 25.6 Å². The molecule has 2 heterocycles. The average molecular weight is 559 g/mol. The SMILES string of the molecule is C[C@H]1CN([C@@H](C)CO)C(=O)c2cccc(NC(=O)c3nc4ccccc4s3)c2O[C@H]1CN(C)Cc1ccccc1. The lowest BCUT2D eigenvalue weighted by Gasteiger charge is -2.38. The molecule has 4 aromatic rings. The van der Waals surface area contributed by atoms with Crippen LogP contribution in [0.15, 0.2) is 72.8 Å². The zero-order valence-corrected chi connectivity index (χ0v) is 23.7. The highest BCUT2D eigenvalue weighted by Gasteiger charge is 2.34. The number of amides is 2. The number of thiazole rings is 1. The molecule has 40 heavy (non-hydrogen) atoms. The molecule has 208 valence electrons. The molecule has 0 unspecified atom stereocenters. The summed E-state index contributed by atoms with van der Waals surface area (Å²) in [6.07, 6.45) is -0.283. The van der Waals surface area contributed by atoms with Gasteiger partial charge in [0.25, 0.3) is 11.8 Å². The number of ether oxygens (including phenoxy) is 1. The average Bonchev–Trinajstić information content (AvgIpc) is 3.40. The van der Waals surface area contributed by atoms with Crippen molar-refractivity contribution in [1.29, 1.82) is 0 Å². The maximum absolute atomic E-state index is 13.7. The number of likely N-dealkylation sites (N-methyl/N-ethyl adjacent to an activating group) is 1. The Morgan fingerprint density at radius 1 is 1.15 bits per heavy atom. The summed E-state index contributed by atoms with van der Waals surface area (Å²) in [6, 6.07) is 22.6. The number of aromatic nitrogens is 1. The van der Waals surface area contributed by atoms with E-state index in [2.05, 4.69) is 34.3 Å². The van der Waals surface area contributed by atoms with Crippen LogP contribution in [0.4, 0.5) is 5.69 Å². The number of carbonyl (C=O) groups excluding carboxylic acids is 2. The van der Waals surface area contributed by atoms with E-state index in [0.717, 1.165) is 16.8 Å². The van der Waals surface area contributed by atoms with Crippen molar-refractivity contribution in [2.45, 2.75) is 32.5 Å². The van der Waals surface area contributed by atoms with Crippen LogP contribution in [-0.4, -0.2) is 70.6 Å². The second-order valence-corrected chi connectivity index (χ2v) is 11.5. The number of para-hydroxylation sites is 2. The van der Waals surface area contributed by atoms with Crippen molar-refractivity contribution in [3.05, 3.63) is 88.9 Å². The maximum atomic E-state index is 13.7. The van der Waals surface area contributed by atoms with E-state index in [1.165, 1.54) is 16.9 Å². The molecule has 1 aliphatic rings. The van der Waals surface area contributed by atoms with Gasteiger partial charge < -0.3 is 20.1 Å². The molecule has 0 fully saturated rings. The number of hydrogen-bond donors (Lipinski definition) is 2. The van der Waals surface area contributed by atoms with Crippen LogP contribution in [-0.2, 0) is 6.54 Å². The van der Waals surface area contributed by atoms with Gasteiger partial charge in [-0.15, -0.1) is 11.3 Å². The number of fused-ring (bicyclic) bond motifs is 2. The van der Waals surface area contributed by atoms with Crippen LogP contribution in [0.5, 0.6) is 5.75 Å². The zero-order chi connectivity index (χ0) is 28.2. The van der Waals surface area contributed by atoms with E-state index in [4.69, 9.17) is 4.74 Å². The first-order chi connectivity index (χ1) is 19.3. The van der Waals surface area contributed by atoms with Crippen molar-refractivity contribution in [2.75, 3.05) is 32.1 Å². The minimum Gasteiger partial charge on any atom is -0.486 e. The van der Waals surface area contributed by atoms with Gasteiger partial charge in [0.15, 0.2) is 10.8 Å². The molecule has 0 aliphatic carbocycles. The maximum Gasteiger partial charge on any atom is 0.284 e. The summed E-state index contributed by atoms with van der Waals surface area (Å²) in [7, 11) is 2.04. The summed E-state index contributed by atoms with van der Waals surface area (Å²) in [5.41, 5.74) is 2.72. The first kappa shape index (κ1) is 27.8. The van der Waals surface area contributed by atoms with Crippen molar-refractivity contribution in [3.8, 4) is 5.75 Å². The first-order valence-electron chi connectivity index (χ1n) is 13.4. The fraction of sp³-hybridized carbons (Fsp3) is 0.323. The van der Waals surface area contributed by atoms with Gasteiger partial charge in [-0.05, 0) is 43.8 Å². The van der Waals surface area contributed by atoms with Crippen LogP contribution in [0.1, 0.15) is 39.6 Å². The monoisotopic (exact) mass is 558 g/mol. The number of hydrogen-bond acceptors (Lipinski definition) is 7. The summed E-state index contributed by atoms with van der Waals surface area (Å²) in [5, 5.41) is 13.2. The third kappa shape index (κ3) is 6.01. The fourth-order valence-electron chi connectivity index (χ4n) is 4.97. The van der Waals surface area contributed by atoms with E-state index in [9.17, 15) is 14.7 Å². The lowest BCUT2D eigenvalue weighted by Crippen LogP contribution is -2.49. The summed E-state index contributed by atoms with van der Waals surface area (Å²) < 4.78 is 7.56. The van der Waals surface area contributed by atoms with Crippen molar-refractivity contribution < 1.29 is 19.4 Å². The Labute approximate surface area is 238 Å². The highest BCUT2D eigenvalue weighted by molar-refractivity contribution is 7.20. The van der Waals surface area contributed by atoms with Crippen LogP contribution in [0.25, 0.3) is 10.2 Å². The molecule has 0 saturated heterocycles. The summed E-state index contributed by atoms with van der Waals surface area (Å²) >= 11 is 1.31. The molecule has 3 aromatic carbocycles. The van der Waals surface area contributed by atoms with Crippen LogP contribution < -0.4 is 10.1 Å². The molecular formula is C31H34N4O4S. The third-order valence-corrected chi connectivity index (χ3v) is 8.25. The Morgan fingerprint density at radius 2 is 1.90 bits per heavy atom. The normalized spacial score (nSPS) is 18.1. The number of carbonyl (C=O) groups is 2. The van der Waals surface area contributed by atoms with Crippen molar-refractivity contribution >= 4 is 39.1 Å². The molecule has 0 bridgehead atoms. The highest BCUT2D eigenvalue weighted by atomic mass is 32.1. The number of rotatable bonds is 8. The standard InChI is InChI=1S/C31H34N4O4S/c1-20-16-35(21(2)19-36)31(38)23-12-9-14-25(32-29(37)30-33-24-13-7-8-15-27(24)40-30)28(23)39-26(20)18-34(3)17-22-10-5-4-6-11-22/h4-15,20-21,26,36H,16-19H2,1-3H3,(H,32,37)/t20-,21-,26-/m0/s1. The largest absolute Gasteiger partial charge is 0.486 e. The molecule has 3 atom stereocenters. The molecule has 1 aliphatic heterocycles. The predicted octanol–water partition coefficient (Wildman–Crippen LogP) is 4.90. The van der Waals surface area contributed by atoms with Crippen molar-refractivity contribution in [2.24, 2.45) is 5.92 Å². The third-order valence-electron chi connectivity index (χ3n) is 7.21. The minimum atomic E-state index is -0.371. The molecular weight excluding hydrogens is 524 g/mol. The molecule has 0 radical (unpaired) electrons. The van der Waals surface area contributed by atoms with E-state index in [0.29, 0.717) is 35.1 Å². The molecule has 0 saturated carbocycles. The van der Waals surface area contributed by atoms with Crippen LogP contribution in [0.2, 0.25) is 0 Å². The fourth-order valence-corrected chi connectivity index (χ4v) is 5.83. The lowest BCUT2D eigenvalue weighted by molar-refractivity contribution is 0.0343. The van der Waals surface area contributed by atoms with E-state index in [1.54, 1.807) is 23.1 Å². The summed E-state index contributed by atoms with van der Waals surface area (Å²) in [5.74, 6) is -0.311. The second-order valence-electron chi connectivity index (χ2n) is 10.4. The summed E-state index contributed by atoms with van der Waals surface area (Å²) in [4.78, 5) is 35.4. The van der Waals surface area contributed by atoms with Crippen molar-refractivity contribution in [1.82, 2.24) is 14.8 Å². The van der Waals surface area contributed by atoms with E-state index in [1.807, 2.05) is 56.4 Å². The molecule has 8 nitrogen and oxygen atoms in total. The Bertz CT molecular complexity index is 1460. The van der Waals surface area contributed by atoms with E-state index in [-0.39, 0.29) is 36.5 Å². The Balaban J connectivity index is 1.47. The molecule has 5 rings (SSSR count). The van der Waals surface area contributed by atoms with Crippen LogP contribution in [0.3, 0.4) is 0 Å². The second kappa shape index (κ2) is 12.2. The Morgan fingerprint density at radius 3 is 2.65 bits per heavy atom. The van der Waals surface area contributed by atoms with Gasteiger partial charge in [-0.3, -0.25) is 14.5 Å². The Hall–Kier alpha value is -3.79. The number of aliphatic hydroxyl groups is 1. The van der Waals surface area contributed by atoms with Crippen molar-refractivity contribution in [3.63, 3.8) is 0 Å². The quantitative estimate of drug-likeness (QED) is 0.320. The first-order valence-corrected chi connectivity index (χ1v) is 14.3. The molecule has 0 spiro atoms. The van der Waals surface area contributed by atoms with Gasteiger partial charge in [0.2, 0.25) is 0 Å². The van der Waals surface area contributed by atoms with E-state index >= 15 is 0 Å². The molecule has 2 N–H and O–H groups in total. The minimum absolute atomic E-state index is 0.0441. The number of benzene rings is 3. The molecule has 9 heteroatoms. The van der Waals surface area contributed by atoms with E-state index < -0.39 is 0 Å². The number of aliphatic hydroxyl groups excluding tert-OH is 1. The van der Waals surface area contributed by atoms with Gasteiger partial charge in [-0.25, -0.2) is 4.98 Å². The Kier molecular flexibility index (Phi) is 8.44. The van der Waals surface area contributed by atoms with Gasteiger partial charge in [0.05, 0.1) is 34.1 Å². The highest BCUT2D eigenvalue weighted by Crippen LogP contribution is 2.35. The predicted molar refractivity (Wildman–Crippen MR) is 158 cm³/mol. The van der Waals surface area contributed by atoms with Gasteiger partial charge in [-0.2, -0.15) is 0 Å². The number of anilines is 1. The topological polar surface area (TPSA) is 95.0 Å². The van der Waals surface area contributed by atoms with Gasteiger partial charge in [0.1, 0.15) is 6.10 Å². The van der Waals surface area contributed by atoms with Gasteiger partial charge >= 0.3 is 0 Å². The summed E-state index contributed by atoms with van der Waals surface area (Å²) in [6.45, 7) is 5.52. The number of nitrogens with one attached hydrogen (secondary N) is 1. The van der Waals surface area contributed by atoms with Crippen LogP contribution >= 0.6 is 11.3 Å². The molecule has 1 aromatic heterocycles. The zero-order valence-electron chi connectivity index (χ0n) is 22.9. The lowest BCUT2D eigenvalue weighted by atomic mass is 9.98. The van der Waals surface area contributed by atoms with Gasteiger partial charge in [-0.1, -0.05) is 55.5 Å². The molecule has 2 amide bonds.